The molecule has 124 valence electrons. The molecular formula is C18H19N3O3. The normalized spacial score (nSPS) is 15.3. The lowest BCUT2D eigenvalue weighted by Crippen LogP contribution is -2.37. The molecule has 2 aromatic rings. The van der Waals surface area contributed by atoms with Crippen molar-refractivity contribution in [2.24, 2.45) is 5.92 Å². The van der Waals surface area contributed by atoms with Crippen LogP contribution in [-0.2, 0) is 0 Å². The third-order valence-electron chi connectivity index (χ3n) is 4.47. The fourth-order valence-electron chi connectivity index (χ4n) is 3.05. The van der Waals surface area contributed by atoms with Crippen LogP contribution in [0, 0.1) is 12.8 Å². The molecule has 0 unspecified atom stereocenters. The number of anilines is 1. The van der Waals surface area contributed by atoms with Gasteiger partial charge in [0.1, 0.15) is 0 Å². The Morgan fingerprint density at radius 1 is 1.08 bits per heavy atom. The maximum atomic E-state index is 12.7. The number of aromatic carboxylic acids is 1. The van der Waals surface area contributed by atoms with E-state index in [2.05, 4.69) is 10.2 Å². The molecule has 6 nitrogen and oxygen atoms in total. The lowest BCUT2D eigenvalue weighted by atomic mass is 9.87. The molecule has 24 heavy (non-hydrogen) atoms. The maximum absolute atomic E-state index is 12.7. The van der Waals surface area contributed by atoms with E-state index in [0.29, 0.717) is 18.9 Å². The zero-order valence-electron chi connectivity index (χ0n) is 13.5. The third-order valence-corrected chi connectivity index (χ3v) is 4.47. The zero-order valence-corrected chi connectivity index (χ0v) is 13.5. The number of aryl methyl sites for hydroxylation is 1. The molecule has 6 heteroatoms. The summed E-state index contributed by atoms with van der Waals surface area (Å²) in [6.07, 6.45) is 1.52. The number of ketones is 1. The number of carboxylic acid groups (broad SMARTS) is 1. The topological polar surface area (TPSA) is 83.4 Å². The first-order valence-corrected chi connectivity index (χ1v) is 7.98. The Bertz CT molecular complexity index is 750. The number of hydrogen-bond acceptors (Lipinski definition) is 5. The van der Waals surface area contributed by atoms with Gasteiger partial charge >= 0.3 is 5.97 Å². The molecule has 1 aromatic carbocycles. The van der Waals surface area contributed by atoms with Gasteiger partial charge in [-0.05, 0) is 37.5 Å². The quantitative estimate of drug-likeness (QED) is 0.870. The summed E-state index contributed by atoms with van der Waals surface area (Å²) in [5.74, 6) is -0.202. The average molecular weight is 325 g/mol. The van der Waals surface area contributed by atoms with Crippen molar-refractivity contribution in [1.29, 1.82) is 0 Å². The summed E-state index contributed by atoms with van der Waals surface area (Å²) < 4.78 is 0. The minimum absolute atomic E-state index is 0.0219. The maximum Gasteiger partial charge on any atom is 0.356 e. The molecule has 0 spiro atoms. The van der Waals surface area contributed by atoms with E-state index < -0.39 is 5.97 Å². The number of carboxylic acids is 1. The first kappa shape index (κ1) is 16.1. The minimum atomic E-state index is -1.09. The third kappa shape index (κ3) is 3.27. The van der Waals surface area contributed by atoms with E-state index in [9.17, 15) is 9.59 Å². The number of carbonyl (C=O) groups excluding carboxylic acids is 1. The second-order valence-corrected chi connectivity index (χ2v) is 6.02. The summed E-state index contributed by atoms with van der Waals surface area (Å²) in [5, 5.41) is 16.5. The number of carbonyl (C=O) groups is 2. The van der Waals surface area contributed by atoms with E-state index in [1.54, 1.807) is 6.07 Å². The Hall–Kier alpha value is -2.76. The monoisotopic (exact) mass is 325 g/mol. The second kappa shape index (κ2) is 6.78. The molecule has 1 saturated heterocycles. The average Bonchev–Trinajstić information content (AvgIpc) is 2.62. The van der Waals surface area contributed by atoms with Crippen LogP contribution in [0.5, 0.6) is 0 Å². The molecule has 3 rings (SSSR count). The van der Waals surface area contributed by atoms with Crippen LogP contribution in [0.2, 0.25) is 0 Å². The molecule has 2 heterocycles. The van der Waals surface area contributed by atoms with Crippen LogP contribution in [0.25, 0.3) is 0 Å². The fraction of sp³-hybridized carbons (Fsp3) is 0.333. The zero-order chi connectivity index (χ0) is 17.1. The Morgan fingerprint density at radius 3 is 2.38 bits per heavy atom. The first-order valence-electron chi connectivity index (χ1n) is 7.98. The van der Waals surface area contributed by atoms with Gasteiger partial charge in [-0.1, -0.05) is 24.3 Å². The molecule has 0 atom stereocenters. The molecule has 1 aliphatic rings. The summed E-state index contributed by atoms with van der Waals surface area (Å²) in [6.45, 7) is 3.38. The predicted molar refractivity (Wildman–Crippen MR) is 89.4 cm³/mol. The van der Waals surface area contributed by atoms with Crippen LogP contribution in [-0.4, -0.2) is 40.1 Å². The fourth-order valence-corrected chi connectivity index (χ4v) is 3.05. The number of Topliss-reactive ketones (excluding diaryl/α,β-unsaturated/α-hetero) is 1. The van der Waals surface area contributed by atoms with E-state index in [4.69, 9.17) is 5.11 Å². The molecule has 1 N–H and O–H groups in total. The lowest BCUT2D eigenvalue weighted by molar-refractivity contribution is 0.0688. The first-order chi connectivity index (χ1) is 11.6. The van der Waals surface area contributed by atoms with Gasteiger partial charge in [-0.15, -0.1) is 10.2 Å². The minimum Gasteiger partial charge on any atom is -0.476 e. The summed E-state index contributed by atoms with van der Waals surface area (Å²) in [7, 11) is 0. The standard InChI is InChI=1S/C18H19N3O3/c1-12-4-2-3-5-14(12)17(22)13-8-10-21(11-9-13)16-7-6-15(18(23)24)19-20-16/h2-7,13H,8-11H2,1H3,(H,23,24). The smallest absolute Gasteiger partial charge is 0.356 e. The lowest BCUT2D eigenvalue weighted by Gasteiger charge is -2.32. The van der Waals surface area contributed by atoms with Crippen molar-refractivity contribution in [3.8, 4) is 0 Å². The second-order valence-electron chi connectivity index (χ2n) is 6.02. The predicted octanol–water partition coefficient (Wildman–Crippen LogP) is 2.58. The van der Waals surface area contributed by atoms with Crippen molar-refractivity contribution in [1.82, 2.24) is 10.2 Å². The summed E-state index contributed by atoms with van der Waals surface area (Å²) in [4.78, 5) is 25.5. The number of nitrogens with zero attached hydrogens (tertiary/aromatic N) is 3. The number of piperidine rings is 1. The Labute approximate surface area is 140 Å². The molecule has 0 radical (unpaired) electrons. The highest BCUT2D eigenvalue weighted by Gasteiger charge is 2.27. The van der Waals surface area contributed by atoms with Gasteiger partial charge in [0.25, 0.3) is 0 Å². The van der Waals surface area contributed by atoms with Gasteiger partial charge in [-0.2, -0.15) is 0 Å². The van der Waals surface area contributed by atoms with Crippen molar-refractivity contribution >= 4 is 17.6 Å². The van der Waals surface area contributed by atoms with Gasteiger partial charge in [-0.25, -0.2) is 4.79 Å². The highest BCUT2D eigenvalue weighted by atomic mass is 16.4. The van der Waals surface area contributed by atoms with E-state index >= 15 is 0 Å². The number of hydrogen-bond donors (Lipinski definition) is 1. The van der Waals surface area contributed by atoms with Crippen LogP contribution in [0.15, 0.2) is 36.4 Å². The van der Waals surface area contributed by atoms with Crippen molar-refractivity contribution in [3.05, 3.63) is 53.2 Å². The molecule has 0 amide bonds. The van der Waals surface area contributed by atoms with Gasteiger partial charge in [0.15, 0.2) is 17.3 Å². The van der Waals surface area contributed by atoms with Gasteiger partial charge in [0.2, 0.25) is 0 Å². The van der Waals surface area contributed by atoms with Crippen molar-refractivity contribution in [2.45, 2.75) is 19.8 Å². The van der Waals surface area contributed by atoms with Crippen LogP contribution in [0.1, 0.15) is 39.3 Å². The molecule has 1 aromatic heterocycles. The van der Waals surface area contributed by atoms with Gasteiger partial charge in [-0.3, -0.25) is 4.79 Å². The van der Waals surface area contributed by atoms with Crippen molar-refractivity contribution < 1.29 is 14.7 Å². The summed E-state index contributed by atoms with van der Waals surface area (Å²) >= 11 is 0. The molecule has 1 fully saturated rings. The summed E-state index contributed by atoms with van der Waals surface area (Å²) in [6, 6.07) is 10.8. The van der Waals surface area contributed by atoms with Crippen LogP contribution >= 0.6 is 0 Å². The van der Waals surface area contributed by atoms with E-state index in [1.807, 2.05) is 36.1 Å². The molecular weight excluding hydrogens is 306 g/mol. The molecule has 0 aliphatic carbocycles. The molecule has 0 bridgehead atoms. The highest BCUT2D eigenvalue weighted by molar-refractivity contribution is 5.99. The Balaban J connectivity index is 1.64. The van der Waals surface area contributed by atoms with Crippen LogP contribution in [0.4, 0.5) is 5.82 Å². The molecule has 0 saturated carbocycles. The Kier molecular flexibility index (Phi) is 4.55. The largest absolute Gasteiger partial charge is 0.476 e. The number of benzene rings is 1. The van der Waals surface area contributed by atoms with E-state index in [1.165, 1.54) is 6.07 Å². The summed E-state index contributed by atoms with van der Waals surface area (Å²) in [5.41, 5.74) is 1.75. The van der Waals surface area contributed by atoms with Gasteiger partial charge < -0.3 is 10.0 Å². The molecule has 1 aliphatic heterocycles. The van der Waals surface area contributed by atoms with E-state index in [-0.39, 0.29) is 17.4 Å². The van der Waals surface area contributed by atoms with Crippen molar-refractivity contribution in [2.75, 3.05) is 18.0 Å². The van der Waals surface area contributed by atoms with Crippen molar-refractivity contribution in [3.63, 3.8) is 0 Å². The SMILES string of the molecule is Cc1ccccc1C(=O)C1CCN(c2ccc(C(=O)O)nn2)CC1. The number of aromatic nitrogens is 2. The van der Waals surface area contributed by atoms with Crippen LogP contribution in [0.3, 0.4) is 0 Å². The van der Waals surface area contributed by atoms with Gasteiger partial charge in [0, 0.05) is 24.6 Å². The highest BCUT2D eigenvalue weighted by Crippen LogP contribution is 2.25. The van der Waals surface area contributed by atoms with Crippen LogP contribution < -0.4 is 4.90 Å². The number of rotatable bonds is 4. The van der Waals surface area contributed by atoms with E-state index in [0.717, 1.165) is 24.0 Å². The van der Waals surface area contributed by atoms with Gasteiger partial charge in [0.05, 0.1) is 0 Å². The Morgan fingerprint density at radius 2 is 1.79 bits per heavy atom.